The molecular weight excluding hydrogens is 224 g/mol. The Balaban J connectivity index is 4.55. The van der Waals surface area contributed by atoms with Crippen molar-refractivity contribution in [2.45, 2.75) is 52.7 Å². The Bertz CT molecular complexity index is 328. The van der Waals surface area contributed by atoms with E-state index in [4.69, 9.17) is 9.47 Å². The van der Waals surface area contributed by atoms with Crippen molar-refractivity contribution in [1.29, 1.82) is 0 Å². The lowest BCUT2D eigenvalue weighted by atomic mass is 10.2. The molecule has 0 aromatic heterocycles. The fourth-order valence-corrected chi connectivity index (χ4v) is 0.826. The molecular formula is C12H19O5-. The molecule has 0 aromatic carbocycles. The minimum absolute atomic E-state index is 0.597. The van der Waals surface area contributed by atoms with Crippen molar-refractivity contribution in [3.8, 4) is 0 Å². The van der Waals surface area contributed by atoms with Crippen LogP contribution in [0.3, 0.4) is 0 Å². The molecule has 0 fully saturated rings. The predicted molar refractivity (Wildman–Crippen MR) is 59.8 cm³/mol. The number of carbonyl (C=O) groups is 2. The summed E-state index contributed by atoms with van der Waals surface area (Å²) >= 11 is 0. The molecule has 5 nitrogen and oxygen atoms in total. The van der Waals surface area contributed by atoms with Crippen LogP contribution in [0.4, 0.5) is 0 Å². The first-order chi connectivity index (χ1) is 7.41. The van der Waals surface area contributed by atoms with Gasteiger partial charge in [-0.15, -0.1) is 0 Å². The molecule has 0 N–H and O–H groups in total. The molecule has 0 spiro atoms. The molecule has 0 aliphatic rings. The lowest BCUT2D eigenvalue weighted by molar-refractivity contribution is -0.305. The molecule has 17 heavy (non-hydrogen) atoms. The van der Waals surface area contributed by atoms with E-state index in [1.807, 2.05) is 0 Å². The highest BCUT2D eigenvalue weighted by Crippen LogP contribution is 2.10. The number of carbonyl (C=O) groups excluding carboxylic acids is 2. The zero-order valence-corrected chi connectivity index (χ0v) is 11.1. The van der Waals surface area contributed by atoms with Gasteiger partial charge in [-0.2, -0.15) is 0 Å². The molecule has 0 radical (unpaired) electrons. The molecule has 98 valence electrons. The summed E-state index contributed by atoms with van der Waals surface area (Å²) in [7, 11) is 0. The zero-order chi connectivity index (χ0) is 13.9. The number of hydrogen-bond donors (Lipinski definition) is 0. The molecule has 0 rings (SSSR count). The maximum atomic E-state index is 11.3. The Hall–Kier alpha value is -1.52. The first-order valence-electron chi connectivity index (χ1n) is 5.26. The van der Waals surface area contributed by atoms with Crippen molar-refractivity contribution >= 4 is 11.9 Å². The standard InChI is InChI=1S/C12H20O5/c1-11(2,3)16-9(14)7-8(13)10(15)17-12(4,5)6/h7,13H,1-6H3/p-1. The smallest absolute Gasteiger partial charge is 0.330 e. The van der Waals surface area contributed by atoms with E-state index in [1.165, 1.54) is 0 Å². The Labute approximate surface area is 101 Å². The molecule has 0 heterocycles. The average Bonchev–Trinajstić information content (AvgIpc) is 1.95. The van der Waals surface area contributed by atoms with E-state index in [-0.39, 0.29) is 0 Å². The summed E-state index contributed by atoms with van der Waals surface area (Å²) in [5.74, 6) is -2.94. The van der Waals surface area contributed by atoms with Crippen molar-refractivity contribution in [3.05, 3.63) is 11.8 Å². The minimum Gasteiger partial charge on any atom is -0.867 e. The summed E-state index contributed by atoms with van der Waals surface area (Å²) in [5, 5.41) is 11.3. The van der Waals surface area contributed by atoms with E-state index in [0.29, 0.717) is 6.08 Å². The summed E-state index contributed by atoms with van der Waals surface area (Å²) < 4.78 is 9.67. The zero-order valence-electron chi connectivity index (χ0n) is 11.1. The fraction of sp³-hybridized carbons (Fsp3) is 0.667. The van der Waals surface area contributed by atoms with Crippen molar-refractivity contribution in [2.75, 3.05) is 0 Å². The van der Waals surface area contributed by atoms with Crippen LogP contribution in [0.25, 0.3) is 0 Å². The van der Waals surface area contributed by atoms with Crippen molar-refractivity contribution in [2.24, 2.45) is 0 Å². The molecule has 0 saturated heterocycles. The SMILES string of the molecule is CC(C)(C)OC(=O)C=C([O-])C(=O)OC(C)(C)C. The van der Waals surface area contributed by atoms with Gasteiger partial charge in [0.05, 0.1) is 0 Å². The third-order valence-electron chi connectivity index (χ3n) is 1.26. The van der Waals surface area contributed by atoms with Crippen molar-refractivity contribution < 1.29 is 24.2 Å². The van der Waals surface area contributed by atoms with Gasteiger partial charge in [0, 0.05) is 6.08 Å². The van der Waals surface area contributed by atoms with Gasteiger partial charge in [0.25, 0.3) is 0 Å². The number of ether oxygens (including phenoxy) is 2. The van der Waals surface area contributed by atoms with Crippen LogP contribution in [0.2, 0.25) is 0 Å². The van der Waals surface area contributed by atoms with Crippen molar-refractivity contribution in [3.63, 3.8) is 0 Å². The van der Waals surface area contributed by atoms with Gasteiger partial charge in [-0.05, 0) is 47.3 Å². The lowest BCUT2D eigenvalue weighted by Gasteiger charge is -2.23. The van der Waals surface area contributed by atoms with E-state index < -0.39 is 28.9 Å². The Morgan fingerprint density at radius 2 is 1.35 bits per heavy atom. The maximum absolute atomic E-state index is 11.3. The quantitative estimate of drug-likeness (QED) is 0.409. The number of hydrogen-bond acceptors (Lipinski definition) is 5. The topological polar surface area (TPSA) is 75.7 Å². The molecule has 0 aromatic rings. The normalized spacial score (nSPS) is 13.2. The largest absolute Gasteiger partial charge is 0.867 e. The third-order valence-corrected chi connectivity index (χ3v) is 1.26. The first-order valence-corrected chi connectivity index (χ1v) is 5.26. The van der Waals surface area contributed by atoms with Crippen LogP contribution in [-0.2, 0) is 19.1 Å². The van der Waals surface area contributed by atoms with Crippen LogP contribution < -0.4 is 5.11 Å². The van der Waals surface area contributed by atoms with Crippen LogP contribution in [0.1, 0.15) is 41.5 Å². The molecule has 0 aliphatic heterocycles. The van der Waals surface area contributed by atoms with Gasteiger partial charge in [0.15, 0.2) is 0 Å². The van der Waals surface area contributed by atoms with Crippen LogP contribution in [0.15, 0.2) is 11.8 Å². The summed E-state index contributed by atoms with van der Waals surface area (Å²) in [5.41, 5.74) is -1.48. The fourth-order valence-electron chi connectivity index (χ4n) is 0.826. The Morgan fingerprint density at radius 1 is 0.941 bits per heavy atom. The van der Waals surface area contributed by atoms with E-state index >= 15 is 0 Å². The molecule has 0 saturated carbocycles. The highest BCUT2D eigenvalue weighted by Gasteiger charge is 2.18. The van der Waals surface area contributed by atoms with E-state index in [9.17, 15) is 14.7 Å². The first kappa shape index (κ1) is 15.5. The van der Waals surface area contributed by atoms with Gasteiger partial charge in [-0.1, -0.05) is 0 Å². The average molecular weight is 243 g/mol. The molecule has 5 heteroatoms. The van der Waals surface area contributed by atoms with Gasteiger partial charge in [0.1, 0.15) is 11.2 Å². The number of esters is 2. The molecule has 0 bridgehead atoms. The third kappa shape index (κ3) is 8.30. The second-order valence-corrected chi connectivity index (χ2v) is 5.54. The summed E-state index contributed by atoms with van der Waals surface area (Å²) in [6.07, 6.45) is 0.597. The second kappa shape index (κ2) is 5.21. The molecule has 0 amide bonds. The predicted octanol–water partition coefficient (Wildman–Crippen LogP) is 0.914. The van der Waals surface area contributed by atoms with Crippen LogP contribution in [0, 0.1) is 0 Å². The highest BCUT2D eigenvalue weighted by molar-refractivity contribution is 5.94. The van der Waals surface area contributed by atoms with E-state index in [0.717, 1.165) is 0 Å². The van der Waals surface area contributed by atoms with Gasteiger partial charge in [-0.3, -0.25) is 0 Å². The van der Waals surface area contributed by atoms with Crippen LogP contribution in [0.5, 0.6) is 0 Å². The van der Waals surface area contributed by atoms with Crippen molar-refractivity contribution in [1.82, 2.24) is 0 Å². The number of rotatable bonds is 2. The molecule has 0 aliphatic carbocycles. The van der Waals surface area contributed by atoms with Gasteiger partial charge >= 0.3 is 11.9 Å². The Morgan fingerprint density at radius 3 is 1.71 bits per heavy atom. The van der Waals surface area contributed by atoms with Gasteiger partial charge in [-0.25, -0.2) is 9.59 Å². The van der Waals surface area contributed by atoms with E-state index in [1.54, 1.807) is 41.5 Å². The molecule has 0 atom stereocenters. The minimum atomic E-state index is -1.07. The lowest BCUT2D eigenvalue weighted by Crippen LogP contribution is -2.30. The monoisotopic (exact) mass is 243 g/mol. The second-order valence-electron chi connectivity index (χ2n) is 5.54. The Kier molecular flexibility index (Phi) is 4.74. The highest BCUT2D eigenvalue weighted by atomic mass is 16.6. The van der Waals surface area contributed by atoms with E-state index in [2.05, 4.69) is 0 Å². The maximum Gasteiger partial charge on any atom is 0.330 e. The van der Waals surface area contributed by atoms with Crippen LogP contribution >= 0.6 is 0 Å². The van der Waals surface area contributed by atoms with Gasteiger partial charge < -0.3 is 14.6 Å². The summed E-state index contributed by atoms with van der Waals surface area (Å²) in [6.45, 7) is 9.88. The summed E-state index contributed by atoms with van der Waals surface area (Å²) in [4.78, 5) is 22.5. The van der Waals surface area contributed by atoms with Crippen LogP contribution in [-0.4, -0.2) is 23.1 Å². The van der Waals surface area contributed by atoms with Gasteiger partial charge in [0.2, 0.25) is 0 Å². The molecule has 0 unspecified atom stereocenters. The summed E-state index contributed by atoms with van der Waals surface area (Å²) in [6, 6.07) is 0.